The molecule has 0 spiro atoms. The molecule has 0 radical (unpaired) electrons. The van der Waals surface area contributed by atoms with E-state index in [2.05, 4.69) is 0 Å². The van der Waals surface area contributed by atoms with Crippen LogP contribution in [0.4, 0.5) is 4.39 Å². The molecule has 1 saturated heterocycles. The summed E-state index contributed by atoms with van der Waals surface area (Å²) in [6.45, 7) is 0.874. The molecule has 1 unspecified atom stereocenters. The zero-order valence-corrected chi connectivity index (χ0v) is 9.47. The van der Waals surface area contributed by atoms with Crippen LogP contribution >= 0.6 is 11.6 Å². The van der Waals surface area contributed by atoms with Crippen LogP contribution in [0.1, 0.15) is 12.0 Å². The van der Waals surface area contributed by atoms with Crippen molar-refractivity contribution in [3.8, 4) is 0 Å². The number of hydrogen-bond donors (Lipinski definition) is 0. The first-order valence-electron chi connectivity index (χ1n) is 5.21. The summed E-state index contributed by atoms with van der Waals surface area (Å²) in [4.78, 5) is 11.5. The van der Waals surface area contributed by atoms with Gasteiger partial charge in [-0.05, 0) is 24.1 Å². The van der Waals surface area contributed by atoms with Crippen LogP contribution in [0.15, 0.2) is 18.2 Å². The molecule has 1 aromatic rings. The molecule has 0 N–H and O–H groups in total. The number of benzene rings is 1. The summed E-state index contributed by atoms with van der Waals surface area (Å²) in [6.07, 6.45) is 0.821. The van der Waals surface area contributed by atoms with Crippen molar-refractivity contribution < 1.29 is 13.9 Å². The van der Waals surface area contributed by atoms with E-state index in [1.54, 1.807) is 12.1 Å². The molecule has 86 valence electrons. The quantitative estimate of drug-likeness (QED) is 0.797. The molecule has 0 bridgehead atoms. The summed E-state index contributed by atoms with van der Waals surface area (Å²) in [5.74, 6) is -0.420. The Hall–Kier alpha value is -0.930. The van der Waals surface area contributed by atoms with Crippen molar-refractivity contribution in [1.29, 1.82) is 0 Å². The van der Waals surface area contributed by atoms with Gasteiger partial charge in [-0.25, -0.2) is 4.39 Å². The molecule has 4 heteroatoms. The second-order valence-corrected chi connectivity index (χ2v) is 4.36. The molecule has 1 aromatic carbocycles. The summed E-state index contributed by atoms with van der Waals surface area (Å²) in [5.41, 5.74) is 0.522. The summed E-state index contributed by atoms with van der Waals surface area (Å²) in [6, 6.07) is 4.53. The maximum atomic E-state index is 13.5. The van der Waals surface area contributed by atoms with E-state index < -0.39 is 0 Å². The van der Waals surface area contributed by atoms with Crippen molar-refractivity contribution in [1.82, 2.24) is 0 Å². The van der Waals surface area contributed by atoms with Crippen molar-refractivity contribution in [2.24, 2.45) is 5.92 Å². The summed E-state index contributed by atoms with van der Waals surface area (Å²) in [5, 5.41) is 0.368. The van der Waals surface area contributed by atoms with Gasteiger partial charge in [0.1, 0.15) is 11.6 Å². The molecule has 1 heterocycles. The molecule has 0 aromatic heterocycles. The van der Waals surface area contributed by atoms with Gasteiger partial charge in [0, 0.05) is 17.4 Å². The lowest BCUT2D eigenvalue weighted by molar-refractivity contribution is -0.130. The first-order valence-corrected chi connectivity index (χ1v) is 5.59. The molecular formula is C12H12ClFO2. The first-order chi connectivity index (χ1) is 7.66. The highest BCUT2D eigenvalue weighted by Gasteiger charge is 2.24. The average molecular weight is 243 g/mol. The van der Waals surface area contributed by atoms with Crippen LogP contribution in [0.2, 0.25) is 5.02 Å². The van der Waals surface area contributed by atoms with Crippen LogP contribution in [0.3, 0.4) is 0 Å². The van der Waals surface area contributed by atoms with Crippen molar-refractivity contribution in [2.75, 3.05) is 13.2 Å². The molecule has 2 nitrogen and oxygen atoms in total. The van der Waals surface area contributed by atoms with E-state index in [0.29, 0.717) is 36.6 Å². The number of carbonyl (C=O) groups excluding carboxylic acids is 1. The lowest BCUT2D eigenvalue weighted by atomic mass is 9.93. The van der Waals surface area contributed by atoms with Crippen molar-refractivity contribution >= 4 is 17.4 Å². The summed E-state index contributed by atoms with van der Waals surface area (Å²) >= 11 is 5.66. The first kappa shape index (κ1) is 11.6. The second kappa shape index (κ2) is 4.93. The third-order valence-electron chi connectivity index (χ3n) is 2.75. The van der Waals surface area contributed by atoms with E-state index in [0.717, 1.165) is 0 Å². The number of carbonyl (C=O) groups is 1. The zero-order valence-electron chi connectivity index (χ0n) is 8.71. The Morgan fingerprint density at radius 3 is 3.00 bits per heavy atom. The number of ether oxygens (including phenoxy) is 1. The highest BCUT2D eigenvalue weighted by Crippen LogP contribution is 2.20. The Morgan fingerprint density at radius 2 is 2.31 bits per heavy atom. The van der Waals surface area contributed by atoms with Gasteiger partial charge in [-0.15, -0.1) is 0 Å². The SMILES string of the molecule is O=C1CCOCC1Cc1ccc(Cl)cc1F. The minimum atomic E-state index is -0.356. The molecular weight excluding hydrogens is 231 g/mol. The Bertz CT molecular complexity index is 406. The predicted molar refractivity (Wildman–Crippen MR) is 59.0 cm³/mol. The average Bonchev–Trinajstić information content (AvgIpc) is 2.25. The Kier molecular flexibility index (Phi) is 3.56. The molecule has 16 heavy (non-hydrogen) atoms. The minimum absolute atomic E-state index is 0.153. The van der Waals surface area contributed by atoms with Crippen molar-refractivity contribution in [3.05, 3.63) is 34.6 Å². The number of hydrogen-bond acceptors (Lipinski definition) is 2. The fraction of sp³-hybridized carbons (Fsp3) is 0.417. The van der Waals surface area contributed by atoms with Gasteiger partial charge in [-0.1, -0.05) is 17.7 Å². The van der Waals surface area contributed by atoms with Crippen LogP contribution in [-0.4, -0.2) is 19.0 Å². The van der Waals surface area contributed by atoms with Crippen molar-refractivity contribution in [3.63, 3.8) is 0 Å². The van der Waals surface area contributed by atoms with Gasteiger partial charge in [0.25, 0.3) is 0 Å². The number of halogens is 2. The third kappa shape index (κ3) is 2.60. The van der Waals surface area contributed by atoms with Crippen LogP contribution in [0.5, 0.6) is 0 Å². The molecule has 2 rings (SSSR count). The normalized spacial score (nSPS) is 21.1. The smallest absolute Gasteiger partial charge is 0.140 e. The standard InChI is InChI=1S/C12H12ClFO2/c13-10-2-1-8(11(14)6-10)5-9-7-16-4-3-12(9)15/h1-2,6,9H,3-5,7H2. The lowest BCUT2D eigenvalue weighted by Gasteiger charge is -2.21. The van der Waals surface area contributed by atoms with Crippen LogP contribution in [0.25, 0.3) is 0 Å². The predicted octanol–water partition coefficient (Wildman–Crippen LogP) is 2.63. The fourth-order valence-electron chi connectivity index (χ4n) is 1.82. The van der Waals surface area contributed by atoms with E-state index in [4.69, 9.17) is 16.3 Å². The van der Waals surface area contributed by atoms with Gasteiger partial charge in [-0.3, -0.25) is 4.79 Å². The number of ketones is 1. The topological polar surface area (TPSA) is 26.3 Å². The van der Waals surface area contributed by atoms with E-state index in [-0.39, 0.29) is 17.5 Å². The number of rotatable bonds is 2. The Labute approximate surface area is 98.4 Å². The van der Waals surface area contributed by atoms with Gasteiger partial charge in [0.05, 0.1) is 13.2 Å². The second-order valence-electron chi connectivity index (χ2n) is 3.93. The number of Topliss-reactive ketones (excluding diaryl/α,β-unsaturated/α-hetero) is 1. The molecule has 0 aliphatic carbocycles. The van der Waals surface area contributed by atoms with Gasteiger partial charge in [-0.2, -0.15) is 0 Å². The van der Waals surface area contributed by atoms with Crippen LogP contribution in [0, 0.1) is 11.7 Å². The largest absolute Gasteiger partial charge is 0.380 e. The highest BCUT2D eigenvalue weighted by atomic mass is 35.5. The zero-order chi connectivity index (χ0) is 11.5. The maximum absolute atomic E-state index is 13.5. The van der Waals surface area contributed by atoms with Crippen LogP contribution < -0.4 is 0 Å². The summed E-state index contributed by atoms with van der Waals surface area (Å²) in [7, 11) is 0. The van der Waals surface area contributed by atoms with E-state index >= 15 is 0 Å². The monoisotopic (exact) mass is 242 g/mol. The minimum Gasteiger partial charge on any atom is -0.380 e. The third-order valence-corrected chi connectivity index (χ3v) is 2.98. The maximum Gasteiger partial charge on any atom is 0.140 e. The highest BCUT2D eigenvalue weighted by molar-refractivity contribution is 6.30. The van der Waals surface area contributed by atoms with Gasteiger partial charge in [0.2, 0.25) is 0 Å². The van der Waals surface area contributed by atoms with Crippen molar-refractivity contribution in [2.45, 2.75) is 12.8 Å². The van der Waals surface area contributed by atoms with Gasteiger partial charge >= 0.3 is 0 Å². The Balaban J connectivity index is 2.10. The molecule has 0 amide bonds. The van der Waals surface area contributed by atoms with Gasteiger partial charge < -0.3 is 4.74 Å². The van der Waals surface area contributed by atoms with E-state index in [9.17, 15) is 9.18 Å². The molecule has 1 fully saturated rings. The fourth-order valence-corrected chi connectivity index (χ4v) is 1.98. The van der Waals surface area contributed by atoms with Gasteiger partial charge in [0.15, 0.2) is 0 Å². The molecule has 1 aliphatic heterocycles. The summed E-state index contributed by atoms with van der Waals surface area (Å²) < 4.78 is 18.7. The Morgan fingerprint density at radius 1 is 1.50 bits per heavy atom. The molecule has 1 atom stereocenters. The van der Waals surface area contributed by atoms with E-state index in [1.807, 2.05) is 0 Å². The molecule has 1 aliphatic rings. The van der Waals surface area contributed by atoms with E-state index in [1.165, 1.54) is 6.07 Å². The van der Waals surface area contributed by atoms with Crippen LogP contribution in [-0.2, 0) is 16.0 Å². The molecule has 0 saturated carbocycles. The lowest BCUT2D eigenvalue weighted by Crippen LogP contribution is -2.29.